The zero-order chi connectivity index (χ0) is 22.0. The Balaban J connectivity index is 1.80. The number of hydrogen-bond acceptors (Lipinski definition) is 5. The molecule has 0 saturated heterocycles. The summed E-state index contributed by atoms with van der Waals surface area (Å²) in [6, 6.07) is 14.4. The molecule has 2 N–H and O–H groups in total. The van der Waals surface area contributed by atoms with Crippen LogP contribution in [0, 0.1) is 0 Å². The minimum atomic E-state index is -1.03. The Bertz CT molecular complexity index is 1180. The molecule has 0 unspecified atom stereocenters. The van der Waals surface area contributed by atoms with Gasteiger partial charge in [-0.2, -0.15) is 0 Å². The van der Waals surface area contributed by atoms with Crippen LogP contribution in [-0.2, 0) is 11.3 Å². The van der Waals surface area contributed by atoms with Crippen molar-refractivity contribution >= 4 is 34.5 Å². The van der Waals surface area contributed by atoms with Crippen LogP contribution in [-0.4, -0.2) is 51.7 Å². The number of likely N-dealkylation sites (N-methyl/N-ethyl adjacent to an activating group) is 1. The molecule has 0 saturated carbocycles. The van der Waals surface area contributed by atoms with E-state index in [1.54, 1.807) is 18.2 Å². The Hall–Kier alpha value is -3.71. The molecule has 0 fully saturated rings. The number of nitrogens with zero attached hydrogens (tertiary/aromatic N) is 2. The van der Waals surface area contributed by atoms with E-state index in [9.17, 15) is 14.7 Å². The summed E-state index contributed by atoms with van der Waals surface area (Å²) < 4.78 is 5.19. The van der Waals surface area contributed by atoms with Gasteiger partial charge >= 0.3 is 11.9 Å². The molecule has 31 heavy (non-hydrogen) atoms. The molecule has 7 heteroatoms. The van der Waals surface area contributed by atoms with Gasteiger partial charge in [0.15, 0.2) is 6.61 Å². The first kappa shape index (κ1) is 20.6. The molecule has 4 rings (SSSR count). The van der Waals surface area contributed by atoms with Crippen LogP contribution in [0.2, 0.25) is 0 Å². The molecule has 2 aromatic carbocycles. The molecule has 0 radical (unpaired) electrons. The molecular formula is C24H22N2O5. The van der Waals surface area contributed by atoms with E-state index in [0.717, 1.165) is 23.2 Å². The van der Waals surface area contributed by atoms with E-state index in [0.29, 0.717) is 41.0 Å². The topological polar surface area (TPSA) is 100.0 Å². The first-order chi connectivity index (χ1) is 15.0. The molecule has 1 aromatic heterocycles. The Morgan fingerprint density at radius 2 is 1.84 bits per heavy atom. The fourth-order valence-corrected chi connectivity index (χ4v) is 3.85. The Kier molecular flexibility index (Phi) is 5.68. The monoisotopic (exact) mass is 418 g/mol. The molecule has 0 spiro atoms. The normalized spacial score (nSPS) is 15.1. The van der Waals surface area contributed by atoms with E-state index in [1.165, 1.54) is 0 Å². The van der Waals surface area contributed by atoms with Crippen molar-refractivity contribution in [3.8, 4) is 5.75 Å². The largest absolute Gasteiger partial charge is 0.482 e. The number of aliphatic carboxylic acids is 1. The van der Waals surface area contributed by atoms with Crippen molar-refractivity contribution in [2.75, 3.05) is 19.7 Å². The number of benzene rings is 2. The van der Waals surface area contributed by atoms with E-state index in [2.05, 4.69) is 4.90 Å². The highest BCUT2D eigenvalue weighted by molar-refractivity contribution is 6.06. The number of pyridine rings is 1. The number of ether oxygens (including phenoxy) is 1. The van der Waals surface area contributed by atoms with E-state index in [1.807, 2.05) is 43.3 Å². The van der Waals surface area contributed by atoms with Crippen LogP contribution in [0.25, 0.3) is 22.6 Å². The zero-order valence-corrected chi connectivity index (χ0v) is 17.0. The summed E-state index contributed by atoms with van der Waals surface area (Å²) in [6.45, 7) is 3.63. The fraction of sp³-hybridized carbons (Fsp3) is 0.208. The Morgan fingerprint density at radius 1 is 1.10 bits per heavy atom. The SMILES string of the molecule is CCN1CC(=Cc2ccc(OCC(=O)O)cc2)c2nc3ccccc3c(C(=O)O)c2C1. The van der Waals surface area contributed by atoms with E-state index in [-0.39, 0.29) is 0 Å². The predicted molar refractivity (Wildman–Crippen MR) is 117 cm³/mol. The third kappa shape index (κ3) is 4.27. The van der Waals surface area contributed by atoms with E-state index in [4.69, 9.17) is 14.8 Å². The van der Waals surface area contributed by atoms with Crippen molar-refractivity contribution in [2.45, 2.75) is 13.5 Å². The highest BCUT2D eigenvalue weighted by Crippen LogP contribution is 2.34. The Morgan fingerprint density at radius 3 is 2.52 bits per heavy atom. The molecule has 0 atom stereocenters. The summed E-state index contributed by atoms with van der Waals surface area (Å²) in [4.78, 5) is 29.8. The van der Waals surface area contributed by atoms with Crippen LogP contribution in [0.15, 0.2) is 48.5 Å². The van der Waals surface area contributed by atoms with Crippen LogP contribution in [0.5, 0.6) is 5.75 Å². The number of carbonyl (C=O) groups is 2. The van der Waals surface area contributed by atoms with Crippen molar-refractivity contribution < 1.29 is 24.5 Å². The molecule has 3 aromatic rings. The zero-order valence-electron chi connectivity index (χ0n) is 17.0. The van der Waals surface area contributed by atoms with Gasteiger partial charge in [0.1, 0.15) is 5.75 Å². The molecule has 0 aliphatic carbocycles. The summed E-state index contributed by atoms with van der Waals surface area (Å²) in [5.74, 6) is -1.51. The molecule has 1 aliphatic rings. The summed E-state index contributed by atoms with van der Waals surface area (Å²) in [5, 5.41) is 19.4. The second-order valence-electron chi connectivity index (χ2n) is 7.36. The van der Waals surface area contributed by atoms with Crippen LogP contribution in [0.1, 0.15) is 34.1 Å². The number of hydrogen-bond donors (Lipinski definition) is 2. The molecule has 2 heterocycles. The standard InChI is InChI=1S/C24H22N2O5/c1-2-26-12-16(11-15-7-9-17(10-8-15)31-14-21(27)28)23-19(13-26)22(24(29)30)18-5-3-4-6-20(18)25-23/h3-11H,2,12-14H2,1H3,(H,27,28)(H,29,30). The second kappa shape index (κ2) is 8.57. The lowest BCUT2D eigenvalue weighted by atomic mass is 9.92. The maximum atomic E-state index is 12.2. The van der Waals surface area contributed by atoms with Crippen molar-refractivity contribution in [1.29, 1.82) is 0 Å². The summed E-state index contributed by atoms with van der Waals surface area (Å²) >= 11 is 0. The summed E-state index contributed by atoms with van der Waals surface area (Å²) in [5.41, 5.74) is 4.25. The minimum Gasteiger partial charge on any atom is -0.482 e. The maximum Gasteiger partial charge on any atom is 0.341 e. The van der Waals surface area contributed by atoms with Crippen molar-refractivity contribution in [2.24, 2.45) is 0 Å². The average molecular weight is 418 g/mol. The highest BCUT2D eigenvalue weighted by Gasteiger charge is 2.27. The summed E-state index contributed by atoms with van der Waals surface area (Å²) in [6.07, 6.45) is 2.00. The smallest absolute Gasteiger partial charge is 0.341 e. The van der Waals surface area contributed by atoms with Gasteiger partial charge in [-0.25, -0.2) is 14.6 Å². The number of carboxylic acids is 2. The minimum absolute atomic E-state index is 0.307. The van der Waals surface area contributed by atoms with Gasteiger partial charge in [-0.1, -0.05) is 37.3 Å². The van der Waals surface area contributed by atoms with Gasteiger partial charge in [0.2, 0.25) is 0 Å². The van der Waals surface area contributed by atoms with Crippen LogP contribution >= 0.6 is 0 Å². The first-order valence-corrected chi connectivity index (χ1v) is 9.99. The summed E-state index contributed by atoms with van der Waals surface area (Å²) in [7, 11) is 0. The fourth-order valence-electron chi connectivity index (χ4n) is 3.85. The van der Waals surface area contributed by atoms with Gasteiger partial charge in [0, 0.05) is 24.0 Å². The van der Waals surface area contributed by atoms with Crippen molar-refractivity contribution in [3.05, 3.63) is 70.9 Å². The first-order valence-electron chi connectivity index (χ1n) is 9.99. The lowest BCUT2D eigenvalue weighted by Gasteiger charge is -2.30. The third-order valence-corrected chi connectivity index (χ3v) is 5.32. The number of para-hydroxylation sites is 1. The van der Waals surface area contributed by atoms with Gasteiger partial charge < -0.3 is 14.9 Å². The van der Waals surface area contributed by atoms with E-state index >= 15 is 0 Å². The van der Waals surface area contributed by atoms with Crippen molar-refractivity contribution in [1.82, 2.24) is 9.88 Å². The van der Waals surface area contributed by atoms with E-state index < -0.39 is 18.5 Å². The molecule has 0 bridgehead atoms. The lowest BCUT2D eigenvalue weighted by molar-refractivity contribution is -0.139. The maximum absolute atomic E-state index is 12.2. The number of carboxylic acid groups (broad SMARTS) is 2. The van der Waals surface area contributed by atoms with Gasteiger partial charge in [-0.15, -0.1) is 0 Å². The third-order valence-electron chi connectivity index (χ3n) is 5.32. The van der Waals surface area contributed by atoms with Crippen molar-refractivity contribution in [3.63, 3.8) is 0 Å². The van der Waals surface area contributed by atoms with Crippen LogP contribution in [0.4, 0.5) is 0 Å². The van der Waals surface area contributed by atoms with Gasteiger partial charge in [0.25, 0.3) is 0 Å². The average Bonchev–Trinajstić information content (AvgIpc) is 2.76. The molecule has 0 amide bonds. The quantitative estimate of drug-likeness (QED) is 0.628. The van der Waals surface area contributed by atoms with Gasteiger partial charge in [-0.05, 0) is 42.0 Å². The number of aromatic nitrogens is 1. The predicted octanol–water partition coefficient (Wildman–Crippen LogP) is 3.77. The lowest BCUT2D eigenvalue weighted by Crippen LogP contribution is -2.31. The van der Waals surface area contributed by atoms with Crippen LogP contribution in [0.3, 0.4) is 0 Å². The van der Waals surface area contributed by atoms with Gasteiger partial charge in [0.05, 0.1) is 16.8 Å². The Labute approximate surface area is 179 Å². The highest BCUT2D eigenvalue weighted by atomic mass is 16.5. The molecule has 158 valence electrons. The number of aromatic carboxylic acids is 1. The molecular weight excluding hydrogens is 396 g/mol. The number of fused-ring (bicyclic) bond motifs is 2. The second-order valence-corrected chi connectivity index (χ2v) is 7.36. The number of rotatable bonds is 6. The molecule has 7 nitrogen and oxygen atoms in total. The molecule has 1 aliphatic heterocycles. The van der Waals surface area contributed by atoms with Gasteiger partial charge in [-0.3, -0.25) is 4.90 Å². The van der Waals surface area contributed by atoms with Crippen LogP contribution < -0.4 is 4.74 Å².